The van der Waals surface area contributed by atoms with Crippen molar-refractivity contribution < 1.29 is 14.3 Å². The van der Waals surface area contributed by atoms with Crippen molar-refractivity contribution in [2.45, 2.75) is 83.0 Å². The van der Waals surface area contributed by atoms with Crippen LogP contribution in [-0.4, -0.2) is 34.4 Å². The Morgan fingerprint density at radius 1 is 1.00 bits per heavy atom. The first-order valence-electron chi connectivity index (χ1n) is 15.0. The van der Waals surface area contributed by atoms with Crippen LogP contribution in [0.3, 0.4) is 0 Å². The number of ether oxygens (including phenoxy) is 1. The van der Waals surface area contributed by atoms with E-state index in [0.717, 1.165) is 59.2 Å². The van der Waals surface area contributed by atoms with Crippen molar-refractivity contribution in [3.63, 3.8) is 0 Å². The molecule has 3 heterocycles. The number of aryl methyl sites for hydroxylation is 1. The van der Waals surface area contributed by atoms with Gasteiger partial charge >= 0.3 is 0 Å². The van der Waals surface area contributed by atoms with Crippen LogP contribution in [0.25, 0.3) is 10.2 Å². The Kier molecular flexibility index (Phi) is 7.89. The van der Waals surface area contributed by atoms with Gasteiger partial charge in [-0.15, -0.1) is 11.3 Å². The van der Waals surface area contributed by atoms with Gasteiger partial charge in [-0.25, -0.2) is 0 Å². The first kappa shape index (κ1) is 27.6. The van der Waals surface area contributed by atoms with E-state index in [-0.39, 0.29) is 17.9 Å². The lowest BCUT2D eigenvalue weighted by Gasteiger charge is -2.47. The summed E-state index contributed by atoms with van der Waals surface area (Å²) in [5.74, 6) is 0.552. The Bertz CT molecular complexity index is 1520. The van der Waals surface area contributed by atoms with E-state index in [1.807, 2.05) is 65.6 Å². The summed E-state index contributed by atoms with van der Waals surface area (Å²) in [6.07, 6.45) is 8.83. The molecule has 41 heavy (non-hydrogen) atoms. The molecule has 1 saturated carbocycles. The third-order valence-corrected chi connectivity index (χ3v) is 10.1. The van der Waals surface area contributed by atoms with E-state index >= 15 is 0 Å². The van der Waals surface area contributed by atoms with Crippen molar-refractivity contribution in [1.29, 1.82) is 0 Å². The highest BCUT2D eigenvalue weighted by Crippen LogP contribution is 2.42. The number of hydrogen-bond donors (Lipinski definition) is 1. The summed E-state index contributed by atoms with van der Waals surface area (Å²) < 4.78 is 8.57. The maximum Gasteiger partial charge on any atom is 0.272 e. The number of nitrogens with zero attached hydrogens (tertiary/aromatic N) is 2. The predicted molar refractivity (Wildman–Crippen MR) is 164 cm³/mol. The van der Waals surface area contributed by atoms with Gasteiger partial charge in [-0.1, -0.05) is 81.5 Å². The number of methoxy groups -OCH3 is 1. The first-order valence-corrected chi connectivity index (χ1v) is 15.8. The molecule has 1 N–H and O–H groups in total. The van der Waals surface area contributed by atoms with Gasteiger partial charge in [-0.2, -0.15) is 0 Å². The highest BCUT2D eigenvalue weighted by molar-refractivity contribution is 7.19. The molecule has 0 saturated heterocycles. The van der Waals surface area contributed by atoms with Crippen molar-refractivity contribution in [1.82, 2.24) is 14.8 Å². The Labute approximate surface area is 246 Å². The number of aromatic nitrogens is 1. The van der Waals surface area contributed by atoms with E-state index in [4.69, 9.17) is 4.74 Å². The van der Waals surface area contributed by atoms with E-state index in [1.54, 1.807) is 18.4 Å². The van der Waals surface area contributed by atoms with Crippen LogP contribution in [-0.2, 0) is 29.8 Å². The fourth-order valence-electron chi connectivity index (χ4n) is 6.55. The van der Waals surface area contributed by atoms with Crippen LogP contribution in [0.1, 0.15) is 78.4 Å². The van der Waals surface area contributed by atoms with Crippen LogP contribution < -0.4 is 10.1 Å². The normalized spacial score (nSPS) is 20.0. The van der Waals surface area contributed by atoms with Crippen molar-refractivity contribution in [2.24, 2.45) is 0 Å². The van der Waals surface area contributed by atoms with E-state index < -0.39 is 5.54 Å². The number of rotatable bonds is 7. The van der Waals surface area contributed by atoms with Crippen LogP contribution in [0.15, 0.2) is 66.7 Å². The fourth-order valence-corrected chi connectivity index (χ4v) is 7.59. The number of nitrogens with one attached hydrogen (secondary N) is 1. The molecule has 2 aliphatic rings. The Balaban J connectivity index is 1.49. The molecule has 1 unspecified atom stereocenters. The third-order valence-electron chi connectivity index (χ3n) is 8.87. The maximum atomic E-state index is 14.8. The van der Waals surface area contributed by atoms with Crippen molar-refractivity contribution >= 4 is 33.4 Å². The summed E-state index contributed by atoms with van der Waals surface area (Å²) >= 11 is 1.73. The number of hydrogen-bond acceptors (Lipinski definition) is 4. The Morgan fingerprint density at radius 2 is 1.71 bits per heavy atom. The lowest BCUT2D eigenvalue weighted by Crippen LogP contribution is -2.64. The predicted octanol–water partition coefficient (Wildman–Crippen LogP) is 7.05. The number of fused-ring (bicyclic) bond motifs is 3. The molecule has 0 spiro atoms. The van der Waals surface area contributed by atoms with Crippen molar-refractivity contribution in [3.05, 3.63) is 88.4 Å². The molecule has 0 radical (unpaired) electrons. The molecule has 214 valence electrons. The highest BCUT2D eigenvalue weighted by Gasteiger charge is 2.53. The quantitative estimate of drug-likeness (QED) is 0.259. The second-order valence-electron chi connectivity index (χ2n) is 11.4. The summed E-state index contributed by atoms with van der Waals surface area (Å²) in [4.78, 5) is 32.5. The summed E-state index contributed by atoms with van der Waals surface area (Å²) in [5, 5.41) is 3.47. The maximum absolute atomic E-state index is 14.8. The monoisotopic (exact) mass is 569 g/mol. The van der Waals surface area contributed by atoms with Crippen LogP contribution in [0.2, 0.25) is 0 Å². The smallest absolute Gasteiger partial charge is 0.272 e. The minimum atomic E-state index is -1.20. The van der Waals surface area contributed by atoms with Gasteiger partial charge in [-0.05, 0) is 54.7 Å². The minimum Gasteiger partial charge on any atom is -0.497 e. The van der Waals surface area contributed by atoms with Crippen LogP contribution in [0, 0.1) is 0 Å². The largest absolute Gasteiger partial charge is 0.497 e. The van der Waals surface area contributed by atoms with Crippen LogP contribution >= 0.6 is 11.3 Å². The molecule has 1 fully saturated rings. The molecule has 2 aromatic heterocycles. The number of carbonyl (C=O) groups is 2. The fraction of sp³-hybridized carbons (Fsp3) is 0.412. The lowest BCUT2D eigenvalue weighted by atomic mass is 9.83. The Morgan fingerprint density at radius 3 is 2.39 bits per heavy atom. The van der Waals surface area contributed by atoms with Gasteiger partial charge in [0, 0.05) is 17.5 Å². The van der Waals surface area contributed by atoms with Gasteiger partial charge in [0.2, 0.25) is 0 Å². The third kappa shape index (κ3) is 5.16. The zero-order valence-corrected chi connectivity index (χ0v) is 24.8. The highest BCUT2D eigenvalue weighted by atomic mass is 32.1. The molecule has 1 aliphatic heterocycles. The molecule has 6 nitrogen and oxygen atoms in total. The van der Waals surface area contributed by atoms with Gasteiger partial charge in [-0.3, -0.25) is 9.59 Å². The van der Waals surface area contributed by atoms with Gasteiger partial charge in [0.1, 0.15) is 11.4 Å². The number of carbonyl (C=O) groups excluding carboxylic acids is 2. The van der Waals surface area contributed by atoms with E-state index in [1.165, 1.54) is 24.1 Å². The van der Waals surface area contributed by atoms with Gasteiger partial charge in [0.05, 0.1) is 23.9 Å². The number of amides is 2. The molecule has 4 aromatic rings. The van der Waals surface area contributed by atoms with E-state index in [2.05, 4.69) is 22.9 Å². The summed E-state index contributed by atoms with van der Waals surface area (Å²) in [5.41, 5.74) is 2.27. The SMILES string of the molecule is CCc1cc2c(cc3n2CC(C(=O)NC2CCCCCCC2)(c2ccccc2)N(Cc2ccc(OC)cc2)C3=O)s1. The first-order chi connectivity index (χ1) is 20.0. The van der Waals surface area contributed by atoms with Crippen LogP contribution in [0.5, 0.6) is 5.75 Å². The molecule has 6 rings (SSSR count). The zero-order valence-electron chi connectivity index (χ0n) is 24.0. The molecule has 0 bridgehead atoms. The van der Waals surface area contributed by atoms with Crippen LogP contribution in [0.4, 0.5) is 0 Å². The van der Waals surface area contributed by atoms with Gasteiger partial charge in [0.15, 0.2) is 5.54 Å². The zero-order chi connectivity index (χ0) is 28.4. The van der Waals surface area contributed by atoms with E-state index in [0.29, 0.717) is 18.8 Å². The lowest BCUT2D eigenvalue weighted by molar-refractivity contribution is -0.136. The Hall–Kier alpha value is -3.58. The van der Waals surface area contributed by atoms with Gasteiger partial charge in [0.25, 0.3) is 11.8 Å². The van der Waals surface area contributed by atoms with E-state index in [9.17, 15) is 9.59 Å². The molecule has 1 aliphatic carbocycles. The number of benzene rings is 2. The average Bonchev–Trinajstić information content (AvgIpc) is 3.55. The second kappa shape index (κ2) is 11.7. The molecule has 1 atom stereocenters. The summed E-state index contributed by atoms with van der Waals surface area (Å²) in [6.45, 7) is 2.84. The molecular formula is C34H39N3O3S. The van der Waals surface area contributed by atoms with Crippen molar-refractivity contribution in [3.8, 4) is 5.75 Å². The molecule has 7 heteroatoms. The van der Waals surface area contributed by atoms with Crippen molar-refractivity contribution in [2.75, 3.05) is 7.11 Å². The molecule has 2 aromatic carbocycles. The average molecular weight is 570 g/mol. The second-order valence-corrected chi connectivity index (χ2v) is 12.6. The molecular weight excluding hydrogens is 530 g/mol. The minimum absolute atomic E-state index is 0.0884. The number of thiophene rings is 1. The summed E-state index contributed by atoms with van der Waals surface area (Å²) in [7, 11) is 1.65. The summed E-state index contributed by atoms with van der Waals surface area (Å²) in [6, 6.07) is 22.0. The standard InChI is InChI=1S/C34H39N3O3S/c1-3-28-20-29-31(41-28)21-30-32(38)37(22-24-16-18-27(40-2)19-17-24)34(23-36(29)30,25-12-8-7-9-13-25)33(39)35-26-14-10-5-4-6-11-15-26/h7-9,12-13,16-21,26H,3-6,10-11,14-15,22-23H2,1-2H3,(H,35,39). The molecule has 2 amide bonds. The van der Waals surface area contributed by atoms with Gasteiger partial charge < -0.3 is 19.5 Å². The topological polar surface area (TPSA) is 63.6 Å².